The molecule has 0 unspecified atom stereocenters. The van der Waals surface area contributed by atoms with Crippen LogP contribution in [-0.2, 0) is 19.1 Å². The van der Waals surface area contributed by atoms with Crippen LogP contribution in [0.3, 0.4) is 0 Å². The molecule has 1 atom stereocenters. The van der Waals surface area contributed by atoms with Crippen molar-refractivity contribution < 1.29 is 102 Å². The third kappa shape index (κ3) is 37.5. The smallest absolute Gasteiger partial charge is 0.683 e. The SMILES string of the molecule is CCCCCCCC/C=C\CCCCCCCC(=O)OC[C@@H](CC(F)(F)[P+]([O-])([O-])[O-])OC(=O)CCCCCCC/C=C\CCCCCCCC.[Na+].[Na+]. The van der Waals surface area contributed by atoms with E-state index in [-0.39, 0.29) is 72.0 Å². The van der Waals surface area contributed by atoms with Gasteiger partial charge in [0.1, 0.15) is 12.7 Å². The van der Waals surface area contributed by atoms with Crippen molar-refractivity contribution in [2.75, 3.05) is 6.61 Å². The maximum atomic E-state index is 14.0. The maximum absolute atomic E-state index is 14.0. The number of hydrogen-bond acceptors (Lipinski definition) is 7. The van der Waals surface area contributed by atoms with Gasteiger partial charge >= 0.3 is 76.7 Å². The summed E-state index contributed by atoms with van der Waals surface area (Å²) in [6.45, 7) is 3.72. The molecule has 0 fully saturated rings. The standard InChI is InChI=1S/C40H73F2O7P.2Na/c1-3-5-7-9-11-13-15-17-19-21-23-25-27-29-31-33-38(43)48-36-37(35-40(41,42)50(45,46)47)49-39(44)34-32-30-28-26-24-22-20-18-16-14-12-10-8-6-4-2;;/h17-20,37H,3-16,21-36H2,1-2H3,(H2,45,46,47);;/q;2*+1/p-2/b19-17-,20-18-;;/t37-;;/m1../s1. The second kappa shape index (κ2) is 39.8. The molecule has 0 saturated carbocycles. The fraction of sp³-hybridized carbons (Fsp3) is 0.850. The zero-order chi connectivity index (χ0) is 37.2. The number of esters is 2. The molecular formula is C40H71F2Na2O7P. The van der Waals surface area contributed by atoms with Crippen LogP contribution in [0.15, 0.2) is 24.3 Å². The number of alkyl halides is 2. The maximum Gasteiger partial charge on any atom is 1.00 e. The second-order valence-corrected chi connectivity index (χ2v) is 15.5. The van der Waals surface area contributed by atoms with Crippen LogP contribution in [0.4, 0.5) is 8.78 Å². The first-order valence-electron chi connectivity index (χ1n) is 20.1. The zero-order valence-electron chi connectivity index (χ0n) is 33.7. The topological polar surface area (TPSA) is 122 Å². The molecular weight excluding hydrogens is 707 g/mol. The fourth-order valence-corrected chi connectivity index (χ4v) is 6.13. The Labute approximate surface area is 361 Å². The van der Waals surface area contributed by atoms with Gasteiger partial charge in [-0.2, -0.15) is 8.78 Å². The van der Waals surface area contributed by atoms with Crippen LogP contribution in [0.25, 0.3) is 0 Å². The van der Waals surface area contributed by atoms with Gasteiger partial charge in [-0.05, 0) is 64.2 Å². The first-order valence-corrected chi connectivity index (χ1v) is 21.6. The molecule has 0 aromatic heterocycles. The number of hydrogen-bond donors (Lipinski definition) is 0. The van der Waals surface area contributed by atoms with Crippen molar-refractivity contribution in [2.24, 2.45) is 0 Å². The van der Waals surface area contributed by atoms with Crippen molar-refractivity contribution in [3.05, 3.63) is 24.3 Å². The third-order valence-corrected chi connectivity index (χ3v) is 9.87. The molecule has 0 saturated heterocycles. The monoisotopic (exact) mass is 778 g/mol. The summed E-state index contributed by atoms with van der Waals surface area (Å²) < 4.78 is 38.2. The summed E-state index contributed by atoms with van der Waals surface area (Å²) in [7, 11) is -6.29. The van der Waals surface area contributed by atoms with E-state index in [4.69, 9.17) is 9.47 Å². The minimum absolute atomic E-state index is 0. The van der Waals surface area contributed by atoms with E-state index in [2.05, 4.69) is 38.2 Å². The van der Waals surface area contributed by atoms with Gasteiger partial charge in [0.2, 0.25) is 0 Å². The van der Waals surface area contributed by atoms with E-state index in [0.717, 1.165) is 77.0 Å². The Morgan fingerprint density at radius 1 is 0.558 bits per heavy atom. The van der Waals surface area contributed by atoms with E-state index in [9.17, 15) is 33.1 Å². The van der Waals surface area contributed by atoms with Gasteiger partial charge in [0.15, 0.2) is 0 Å². The number of carbonyl (C=O) groups excluding carboxylic acids is 2. The normalized spacial score (nSPS) is 12.5. The molecule has 0 aromatic rings. The summed E-state index contributed by atoms with van der Waals surface area (Å²) in [5, 5.41) is 0. The van der Waals surface area contributed by atoms with E-state index in [1.54, 1.807) is 0 Å². The van der Waals surface area contributed by atoms with E-state index in [0.29, 0.717) is 12.8 Å². The fourth-order valence-electron chi connectivity index (χ4n) is 5.70. The van der Waals surface area contributed by atoms with Gasteiger partial charge in [-0.3, -0.25) is 9.59 Å². The Morgan fingerprint density at radius 3 is 1.25 bits per heavy atom. The summed E-state index contributed by atoms with van der Waals surface area (Å²) in [6.07, 6.45) is 34.4. The molecule has 0 rings (SSSR count). The van der Waals surface area contributed by atoms with Gasteiger partial charge in [0, 0.05) is 12.8 Å². The van der Waals surface area contributed by atoms with E-state index in [1.165, 1.54) is 77.0 Å². The van der Waals surface area contributed by atoms with Crippen LogP contribution >= 0.6 is 7.94 Å². The first kappa shape index (κ1) is 56.9. The van der Waals surface area contributed by atoms with Crippen LogP contribution < -0.4 is 73.8 Å². The molecule has 0 heterocycles. The Hall–Kier alpha value is 0.590. The number of rotatable bonds is 36. The third-order valence-electron chi connectivity index (χ3n) is 8.89. The second-order valence-electron chi connectivity index (χ2n) is 13.8. The molecule has 52 heavy (non-hydrogen) atoms. The molecule has 0 spiro atoms. The van der Waals surface area contributed by atoms with Gasteiger partial charge in [0.05, 0.1) is 6.42 Å². The Kier molecular flexibility index (Phi) is 43.6. The molecule has 12 heteroatoms. The van der Waals surface area contributed by atoms with Crippen molar-refractivity contribution >= 4 is 19.9 Å². The predicted molar refractivity (Wildman–Crippen MR) is 196 cm³/mol. The summed E-state index contributed by atoms with van der Waals surface area (Å²) >= 11 is 0. The molecule has 0 amide bonds. The minimum atomic E-state index is -6.29. The number of halogens is 2. The van der Waals surface area contributed by atoms with E-state index < -0.39 is 44.7 Å². The van der Waals surface area contributed by atoms with Crippen LogP contribution in [0.5, 0.6) is 0 Å². The average molecular weight is 779 g/mol. The van der Waals surface area contributed by atoms with Crippen LogP contribution in [0, 0.1) is 0 Å². The van der Waals surface area contributed by atoms with Crippen molar-refractivity contribution in [1.29, 1.82) is 0 Å². The Morgan fingerprint density at radius 2 is 0.885 bits per heavy atom. The molecule has 0 bridgehead atoms. The molecule has 0 aromatic carbocycles. The molecule has 0 aliphatic rings. The van der Waals surface area contributed by atoms with Crippen molar-refractivity contribution in [3.63, 3.8) is 0 Å². The Balaban J connectivity index is -0.0000120. The largest absolute Gasteiger partial charge is 1.00 e. The molecule has 0 radical (unpaired) electrons. The van der Waals surface area contributed by atoms with Crippen LogP contribution in [0.2, 0.25) is 0 Å². The number of carbonyl (C=O) groups is 2. The average Bonchev–Trinajstić information content (AvgIpc) is 3.06. The molecule has 7 nitrogen and oxygen atoms in total. The van der Waals surface area contributed by atoms with Crippen molar-refractivity contribution in [2.45, 2.75) is 212 Å². The van der Waals surface area contributed by atoms with Gasteiger partial charge < -0.3 is 24.2 Å². The molecule has 294 valence electrons. The van der Waals surface area contributed by atoms with Gasteiger partial charge in [-0.15, -0.1) is 0 Å². The quantitative estimate of drug-likeness (QED) is 0.0305. The summed E-state index contributed by atoms with van der Waals surface area (Å²) in [5.74, 6) is -1.43. The van der Waals surface area contributed by atoms with E-state index >= 15 is 0 Å². The van der Waals surface area contributed by atoms with Gasteiger partial charge in [0.25, 0.3) is 0 Å². The van der Waals surface area contributed by atoms with Gasteiger partial charge in [-0.25, -0.2) is 0 Å². The summed E-state index contributed by atoms with van der Waals surface area (Å²) in [6, 6.07) is 0. The number of allylic oxidation sites excluding steroid dienone is 4. The number of ether oxygens (including phenoxy) is 2. The summed E-state index contributed by atoms with van der Waals surface area (Å²) in [5.41, 5.74) is -4.63. The van der Waals surface area contributed by atoms with Crippen molar-refractivity contribution in [1.82, 2.24) is 0 Å². The van der Waals surface area contributed by atoms with Crippen LogP contribution in [0.1, 0.15) is 200 Å². The van der Waals surface area contributed by atoms with Crippen molar-refractivity contribution in [3.8, 4) is 0 Å². The van der Waals surface area contributed by atoms with Crippen LogP contribution in [-0.4, -0.2) is 30.3 Å². The molecule has 0 aliphatic heterocycles. The number of unbranched alkanes of at least 4 members (excludes halogenated alkanes) is 22. The Bertz CT molecular complexity index is 873. The molecule has 0 N–H and O–H groups in total. The predicted octanol–water partition coefficient (Wildman–Crippen LogP) is 4.35. The molecule has 0 aliphatic carbocycles. The first-order chi connectivity index (χ1) is 24.0. The van der Waals surface area contributed by atoms with E-state index in [1.807, 2.05) is 0 Å². The minimum Gasteiger partial charge on any atom is -0.683 e. The van der Waals surface area contributed by atoms with Gasteiger partial charge in [-0.1, -0.05) is 149 Å². The summed E-state index contributed by atoms with van der Waals surface area (Å²) in [4.78, 5) is 57.8. The zero-order valence-corrected chi connectivity index (χ0v) is 38.6.